The molecule has 200 valence electrons. The summed E-state index contributed by atoms with van der Waals surface area (Å²) in [5, 5.41) is 12.9. The number of aryl methyl sites for hydroxylation is 1. The van der Waals surface area contributed by atoms with Crippen molar-refractivity contribution < 1.29 is 14.3 Å². The van der Waals surface area contributed by atoms with Crippen molar-refractivity contribution in [2.24, 2.45) is 0 Å². The van der Waals surface area contributed by atoms with Gasteiger partial charge in [-0.2, -0.15) is 0 Å². The Morgan fingerprint density at radius 1 is 0.974 bits per heavy atom. The molecule has 0 aliphatic carbocycles. The van der Waals surface area contributed by atoms with Crippen LogP contribution in [0, 0.1) is 0 Å². The average molecular weight is 546 g/mol. The van der Waals surface area contributed by atoms with E-state index in [9.17, 15) is 9.59 Å². The summed E-state index contributed by atoms with van der Waals surface area (Å²) in [6.45, 7) is 0.767. The number of methoxy groups -OCH3 is 2. The van der Waals surface area contributed by atoms with Gasteiger partial charge in [-0.1, -0.05) is 35.9 Å². The van der Waals surface area contributed by atoms with Crippen molar-refractivity contribution in [3.63, 3.8) is 0 Å². The van der Waals surface area contributed by atoms with E-state index >= 15 is 0 Å². The second-order valence-corrected chi connectivity index (χ2v) is 9.50. The highest BCUT2D eigenvalue weighted by Crippen LogP contribution is 2.24. The molecular formula is C29H28ClN5O4. The minimum Gasteiger partial charge on any atom is -0.497 e. The number of aromatic nitrogens is 4. The lowest BCUT2D eigenvalue weighted by Crippen LogP contribution is -2.26. The van der Waals surface area contributed by atoms with Gasteiger partial charge in [0.15, 0.2) is 0 Å². The Bertz CT molecular complexity index is 1690. The van der Waals surface area contributed by atoms with Crippen LogP contribution in [0.2, 0.25) is 5.02 Å². The first-order valence-electron chi connectivity index (χ1n) is 12.6. The van der Waals surface area contributed by atoms with Crippen molar-refractivity contribution in [2.45, 2.75) is 25.8 Å². The first-order chi connectivity index (χ1) is 19.0. The molecule has 0 bridgehead atoms. The monoisotopic (exact) mass is 545 g/mol. The summed E-state index contributed by atoms with van der Waals surface area (Å²) >= 11 is 6.03. The van der Waals surface area contributed by atoms with Crippen LogP contribution in [0.25, 0.3) is 16.7 Å². The summed E-state index contributed by atoms with van der Waals surface area (Å²) < 4.78 is 14.2. The van der Waals surface area contributed by atoms with Gasteiger partial charge in [0, 0.05) is 24.4 Å². The molecule has 2 aromatic heterocycles. The van der Waals surface area contributed by atoms with Gasteiger partial charge in [-0.25, -0.2) is 0 Å². The summed E-state index contributed by atoms with van der Waals surface area (Å²) in [7, 11) is 3.23. The largest absolute Gasteiger partial charge is 0.497 e. The first kappa shape index (κ1) is 26.2. The Kier molecular flexibility index (Phi) is 7.79. The van der Waals surface area contributed by atoms with Gasteiger partial charge in [-0.3, -0.25) is 18.6 Å². The molecule has 5 rings (SSSR count). The minimum absolute atomic E-state index is 0.104. The number of benzene rings is 3. The van der Waals surface area contributed by atoms with Gasteiger partial charge in [0.05, 0.1) is 31.7 Å². The van der Waals surface area contributed by atoms with E-state index in [0.29, 0.717) is 53.5 Å². The maximum Gasteiger partial charge on any atom is 0.263 e. The number of para-hydroxylation sites is 1. The van der Waals surface area contributed by atoms with Crippen LogP contribution in [0.5, 0.6) is 11.5 Å². The van der Waals surface area contributed by atoms with Crippen LogP contribution in [0.1, 0.15) is 23.4 Å². The number of nitrogens with one attached hydrogen (secondary N) is 1. The Morgan fingerprint density at radius 2 is 1.77 bits per heavy atom. The summed E-state index contributed by atoms with van der Waals surface area (Å²) in [6.07, 6.45) is 1.18. The van der Waals surface area contributed by atoms with Crippen LogP contribution in [0.3, 0.4) is 0 Å². The predicted octanol–water partition coefficient (Wildman–Crippen LogP) is 4.05. The second-order valence-electron chi connectivity index (χ2n) is 9.06. The molecular weight excluding hydrogens is 518 g/mol. The first-order valence-corrected chi connectivity index (χ1v) is 12.9. The molecule has 0 radical (unpaired) electrons. The number of ether oxygens (including phenoxy) is 2. The fourth-order valence-corrected chi connectivity index (χ4v) is 4.74. The Balaban J connectivity index is 1.34. The van der Waals surface area contributed by atoms with Gasteiger partial charge in [0.2, 0.25) is 11.7 Å². The van der Waals surface area contributed by atoms with Gasteiger partial charge in [-0.15, -0.1) is 10.2 Å². The maximum absolute atomic E-state index is 13.4. The van der Waals surface area contributed by atoms with E-state index in [0.717, 1.165) is 22.6 Å². The van der Waals surface area contributed by atoms with E-state index in [4.69, 9.17) is 21.1 Å². The standard InChI is InChI=1S/C29H28ClN5O4/c1-38-22-11-12-25(39-2)20(17-22)15-16-31-27(36)14-13-26-32-33-29-34(18-19-7-9-21(30)10-8-19)28(37)23-5-3-4-6-24(23)35(26)29/h3-12,17H,13-16,18H2,1-2H3,(H,31,36). The van der Waals surface area contributed by atoms with Gasteiger partial charge >= 0.3 is 0 Å². The summed E-state index contributed by atoms with van der Waals surface area (Å²) in [5.41, 5.74) is 2.41. The van der Waals surface area contributed by atoms with Crippen molar-refractivity contribution in [3.05, 3.63) is 99.1 Å². The highest BCUT2D eigenvalue weighted by atomic mass is 35.5. The molecule has 0 atom stereocenters. The third-order valence-electron chi connectivity index (χ3n) is 6.61. The molecule has 0 spiro atoms. The van der Waals surface area contributed by atoms with E-state index < -0.39 is 0 Å². The predicted molar refractivity (Wildman–Crippen MR) is 150 cm³/mol. The number of nitrogens with zero attached hydrogens (tertiary/aromatic N) is 4. The van der Waals surface area contributed by atoms with Crippen molar-refractivity contribution in [2.75, 3.05) is 20.8 Å². The van der Waals surface area contributed by atoms with Crippen LogP contribution >= 0.6 is 11.6 Å². The van der Waals surface area contributed by atoms with Crippen molar-refractivity contribution in [3.8, 4) is 11.5 Å². The highest BCUT2D eigenvalue weighted by Gasteiger charge is 2.17. The maximum atomic E-state index is 13.4. The van der Waals surface area contributed by atoms with Crippen LogP contribution in [-0.2, 0) is 24.2 Å². The molecule has 1 amide bonds. The molecule has 0 aliphatic heterocycles. The SMILES string of the molecule is COc1ccc(OC)c(CCNC(=O)CCc2nnc3n(Cc4ccc(Cl)cc4)c(=O)c4ccccc4n23)c1. The Morgan fingerprint density at radius 3 is 2.54 bits per heavy atom. The highest BCUT2D eigenvalue weighted by molar-refractivity contribution is 6.30. The minimum atomic E-state index is -0.155. The molecule has 0 fully saturated rings. The van der Waals surface area contributed by atoms with Crippen molar-refractivity contribution >= 4 is 34.2 Å². The normalized spacial score (nSPS) is 11.2. The lowest BCUT2D eigenvalue weighted by Gasteiger charge is -2.12. The molecule has 0 aliphatic rings. The van der Waals surface area contributed by atoms with Gasteiger partial charge in [-0.05, 0) is 60.0 Å². The van der Waals surface area contributed by atoms with Crippen LogP contribution in [0.15, 0.2) is 71.5 Å². The molecule has 39 heavy (non-hydrogen) atoms. The number of fused-ring (bicyclic) bond motifs is 3. The van der Waals surface area contributed by atoms with E-state index in [-0.39, 0.29) is 17.9 Å². The zero-order valence-corrected chi connectivity index (χ0v) is 22.4. The summed E-state index contributed by atoms with van der Waals surface area (Å²) in [6, 6.07) is 20.3. The van der Waals surface area contributed by atoms with Gasteiger partial charge in [0.1, 0.15) is 17.3 Å². The topological polar surface area (TPSA) is 99.8 Å². The molecule has 9 nitrogen and oxygen atoms in total. The number of carbonyl (C=O) groups is 1. The molecule has 10 heteroatoms. The second kappa shape index (κ2) is 11.6. The number of hydrogen-bond donors (Lipinski definition) is 1. The Labute approximate surface area is 230 Å². The van der Waals surface area contributed by atoms with Crippen LogP contribution in [0.4, 0.5) is 0 Å². The van der Waals surface area contributed by atoms with Crippen molar-refractivity contribution in [1.82, 2.24) is 24.5 Å². The summed E-state index contributed by atoms with van der Waals surface area (Å²) in [4.78, 5) is 26.1. The van der Waals surface area contributed by atoms with Crippen LogP contribution < -0.4 is 20.3 Å². The number of hydrogen-bond acceptors (Lipinski definition) is 6. The number of rotatable bonds is 10. The van der Waals surface area contributed by atoms with Gasteiger partial charge in [0.25, 0.3) is 5.56 Å². The smallest absolute Gasteiger partial charge is 0.263 e. The van der Waals surface area contributed by atoms with E-state index in [1.165, 1.54) is 0 Å². The molecule has 0 unspecified atom stereocenters. The number of amides is 1. The van der Waals surface area contributed by atoms with Crippen LogP contribution in [-0.4, -0.2) is 45.8 Å². The molecule has 0 saturated heterocycles. The van der Waals surface area contributed by atoms with Gasteiger partial charge < -0.3 is 14.8 Å². The van der Waals surface area contributed by atoms with E-state index in [2.05, 4.69) is 15.5 Å². The fraction of sp³-hybridized carbons (Fsp3) is 0.241. The molecule has 0 saturated carbocycles. The zero-order valence-electron chi connectivity index (χ0n) is 21.7. The third-order valence-corrected chi connectivity index (χ3v) is 6.86. The Hall–Kier alpha value is -4.37. The molecule has 2 heterocycles. The van der Waals surface area contributed by atoms with E-state index in [1.807, 2.05) is 52.9 Å². The lowest BCUT2D eigenvalue weighted by atomic mass is 10.1. The fourth-order valence-electron chi connectivity index (χ4n) is 4.62. The molecule has 3 aromatic carbocycles. The van der Waals surface area contributed by atoms with E-state index in [1.54, 1.807) is 37.0 Å². The zero-order chi connectivity index (χ0) is 27.4. The molecule has 1 N–H and O–H groups in total. The summed E-state index contributed by atoms with van der Waals surface area (Å²) in [5.74, 6) is 2.41. The molecule has 5 aromatic rings. The third kappa shape index (κ3) is 5.58. The van der Waals surface area contributed by atoms with Crippen molar-refractivity contribution in [1.29, 1.82) is 0 Å². The number of carbonyl (C=O) groups excluding carboxylic acids is 1. The average Bonchev–Trinajstić information content (AvgIpc) is 3.39. The number of halogens is 1. The lowest BCUT2D eigenvalue weighted by molar-refractivity contribution is -0.121. The quantitative estimate of drug-likeness (QED) is 0.284.